The van der Waals surface area contributed by atoms with E-state index in [-0.39, 0.29) is 34.7 Å². The molecule has 0 aromatic heterocycles. The molecule has 3 atom stereocenters. The summed E-state index contributed by atoms with van der Waals surface area (Å²) >= 11 is 6.56. The third kappa shape index (κ3) is 2.85. The summed E-state index contributed by atoms with van der Waals surface area (Å²) in [6.45, 7) is 3.06. The number of methoxy groups -OCH3 is 2. The van der Waals surface area contributed by atoms with Gasteiger partial charge in [0.25, 0.3) is 0 Å². The number of hydrogen-bond donors (Lipinski definition) is 0. The first kappa shape index (κ1) is 20.9. The number of carbonyl (C=O) groups excluding carboxylic acids is 2. The smallest absolute Gasteiger partial charge is 0.214 e. The molecule has 2 aromatic carbocycles. The van der Waals surface area contributed by atoms with Crippen molar-refractivity contribution in [2.75, 3.05) is 20.8 Å². The zero-order valence-corrected chi connectivity index (χ0v) is 18.9. The van der Waals surface area contributed by atoms with Crippen LogP contribution in [0.4, 0.5) is 0 Å². The van der Waals surface area contributed by atoms with Gasteiger partial charge in [0.15, 0.2) is 17.1 Å². The second kappa shape index (κ2) is 7.55. The highest BCUT2D eigenvalue weighted by Gasteiger charge is 2.64. The standard InChI is InChI=1S/C25H24ClNO5/c1-14-9-18(28)16-12-27(11-15-7-5-4-6-8-15)13-17(16)25(14)24(29)21-19(30-2)10-20(31-3)22(26)23(21)32-25/h4-8,10,12,14,17H,9,11,13H2,1-3H3/t14-,17?,25+/m1/s1. The number of halogens is 1. The number of carbonyl (C=O) groups is 2. The van der Waals surface area contributed by atoms with Crippen LogP contribution < -0.4 is 14.2 Å². The van der Waals surface area contributed by atoms with Gasteiger partial charge in [-0.15, -0.1) is 0 Å². The molecule has 3 aliphatic rings. The summed E-state index contributed by atoms with van der Waals surface area (Å²) in [5.41, 5.74) is 0.883. The topological polar surface area (TPSA) is 65.1 Å². The van der Waals surface area contributed by atoms with Gasteiger partial charge in [-0.2, -0.15) is 0 Å². The quantitative estimate of drug-likeness (QED) is 0.687. The molecule has 0 saturated heterocycles. The molecule has 1 aliphatic carbocycles. The largest absolute Gasteiger partial charge is 0.496 e. The van der Waals surface area contributed by atoms with Crippen molar-refractivity contribution in [2.45, 2.75) is 25.5 Å². The van der Waals surface area contributed by atoms with Crippen LogP contribution in [-0.2, 0) is 11.3 Å². The van der Waals surface area contributed by atoms with E-state index >= 15 is 0 Å². The number of ether oxygens (including phenoxy) is 3. The molecule has 1 unspecified atom stereocenters. The van der Waals surface area contributed by atoms with E-state index in [1.165, 1.54) is 14.2 Å². The van der Waals surface area contributed by atoms with Gasteiger partial charge in [0.2, 0.25) is 5.78 Å². The average Bonchev–Trinajstić information content (AvgIpc) is 3.35. The Hall–Kier alpha value is -2.99. The van der Waals surface area contributed by atoms with Gasteiger partial charge in [0.05, 0.1) is 20.1 Å². The highest BCUT2D eigenvalue weighted by Crippen LogP contribution is 2.57. The Bertz CT molecular complexity index is 1140. The summed E-state index contributed by atoms with van der Waals surface area (Å²) in [6.07, 6.45) is 2.13. The molecule has 2 heterocycles. The summed E-state index contributed by atoms with van der Waals surface area (Å²) in [5.74, 6) is 0.166. The van der Waals surface area contributed by atoms with E-state index in [1.54, 1.807) is 6.07 Å². The van der Waals surface area contributed by atoms with Gasteiger partial charge in [-0.25, -0.2) is 0 Å². The lowest BCUT2D eigenvalue weighted by molar-refractivity contribution is -0.122. The highest BCUT2D eigenvalue weighted by molar-refractivity contribution is 6.35. The zero-order valence-electron chi connectivity index (χ0n) is 18.2. The summed E-state index contributed by atoms with van der Waals surface area (Å²) in [7, 11) is 3.00. The molecule has 6 nitrogen and oxygen atoms in total. The minimum atomic E-state index is -1.21. The molecule has 1 spiro atoms. The molecule has 0 bridgehead atoms. The summed E-state index contributed by atoms with van der Waals surface area (Å²) < 4.78 is 17.3. The van der Waals surface area contributed by atoms with E-state index in [0.29, 0.717) is 35.7 Å². The van der Waals surface area contributed by atoms with Gasteiger partial charge in [0.1, 0.15) is 22.1 Å². The van der Waals surface area contributed by atoms with Gasteiger partial charge in [0, 0.05) is 43.3 Å². The highest BCUT2D eigenvalue weighted by atomic mass is 35.5. The minimum Gasteiger partial charge on any atom is -0.496 e. The van der Waals surface area contributed by atoms with Crippen molar-refractivity contribution in [3.05, 3.63) is 64.3 Å². The first-order valence-electron chi connectivity index (χ1n) is 10.6. The van der Waals surface area contributed by atoms with Crippen molar-refractivity contribution in [3.8, 4) is 17.2 Å². The Morgan fingerprint density at radius 1 is 1.16 bits per heavy atom. The predicted octanol–water partition coefficient (Wildman–Crippen LogP) is 4.30. The van der Waals surface area contributed by atoms with Crippen LogP contribution in [0, 0.1) is 11.8 Å². The summed E-state index contributed by atoms with van der Waals surface area (Å²) in [5, 5.41) is 0.238. The molecular formula is C25H24ClNO5. The van der Waals surface area contributed by atoms with E-state index < -0.39 is 11.5 Å². The predicted molar refractivity (Wildman–Crippen MR) is 119 cm³/mol. The maximum Gasteiger partial charge on any atom is 0.214 e. The lowest BCUT2D eigenvalue weighted by Gasteiger charge is -2.42. The van der Waals surface area contributed by atoms with E-state index in [2.05, 4.69) is 4.90 Å². The number of nitrogens with zero attached hydrogens (tertiary/aromatic N) is 1. The Labute approximate surface area is 191 Å². The van der Waals surface area contributed by atoms with Crippen LogP contribution in [0.15, 0.2) is 48.2 Å². The zero-order chi connectivity index (χ0) is 22.6. The fourth-order valence-corrected chi connectivity index (χ4v) is 5.56. The molecule has 2 aromatic rings. The Morgan fingerprint density at radius 2 is 1.88 bits per heavy atom. The Kier molecular flexibility index (Phi) is 4.93. The van der Waals surface area contributed by atoms with Gasteiger partial charge < -0.3 is 19.1 Å². The lowest BCUT2D eigenvalue weighted by Crippen LogP contribution is -2.58. The molecule has 0 radical (unpaired) electrons. The third-order valence-electron chi connectivity index (χ3n) is 6.85. The number of ketones is 2. The molecular weight excluding hydrogens is 430 g/mol. The van der Waals surface area contributed by atoms with E-state index in [1.807, 2.05) is 43.5 Å². The monoisotopic (exact) mass is 453 g/mol. The van der Waals surface area contributed by atoms with Crippen molar-refractivity contribution in [1.82, 2.24) is 4.90 Å². The minimum absolute atomic E-state index is 0.0617. The van der Waals surface area contributed by atoms with Crippen molar-refractivity contribution >= 4 is 23.2 Å². The fraction of sp³-hybridized carbons (Fsp3) is 0.360. The third-order valence-corrected chi connectivity index (χ3v) is 7.21. The molecule has 0 amide bonds. The fourth-order valence-electron chi connectivity index (χ4n) is 5.30. The molecule has 1 fully saturated rings. The summed E-state index contributed by atoms with van der Waals surface area (Å²) in [4.78, 5) is 29.0. The number of Topliss-reactive ketones (excluding diaryl/α,β-unsaturated/α-hetero) is 2. The second-order valence-electron chi connectivity index (χ2n) is 8.60. The van der Waals surface area contributed by atoms with Gasteiger partial charge in [-0.05, 0) is 5.56 Å². The van der Waals surface area contributed by atoms with Crippen LogP contribution in [0.5, 0.6) is 17.2 Å². The molecule has 2 aliphatic heterocycles. The van der Waals surface area contributed by atoms with Gasteiger partial charge in [-0.1, -0.05) is 48.9 Å². The molecule has 32 heavy (non-hydrogen) atoms. The number of hydrogen-bond acceptors (Lipinski definition) is 6. The van der Waals surface area contributed by atoms with Crippen LogP contribution in [-0.4, -0.2) is 42.8 Å². The maximum absolute atomic E-state index is 14.0. The first-order valence-corrected chi connectivity index (χ1v) is 11.0. The number of benzene rings is 2. The molecule has 0 N–H and O–H groups in total. The lowest BCUT2D eigenvalue weighted by atomic mass is 9.65. The van der Waals surface area contributed by atoms with Gasteiger partial charge in [-0.3, -0.25) is 9.59 Å². The second-order valence-corrected chi connectivity index (χ2v) is 8.98. The van der Waals surface area contributed by atoms with Crippen LogP contribution in [0.1, 0.15) is 29.3 Å². The van der Waals surface area contributed by atoms with E-state index in [4.69, 9.17) is 25.8 Å². The van der Waals surface area contributed by atoms with E-state index in [9.17, 15) is 9.59 Å². The Balaban J connectivity index is 1.57. The SMILES string of the molecule is COc1cc(OC)c2c(c1Cl)O[C@]1(C2=O)C2CN(Cc3ccccc3)C=C2C(=O)C[C@H]1C. The maximum atomic E-state index is 14.0. The van der Waals surface area contributed by atoms with Crippen molar-refractivity contribution in [2.24, 2.45) is 11.8 Å². The molecule has 7 heteroatoms. The van der Waals surface area contributed by atoms with Crippen LogP contribution in [0.25, 0.3) is 0 Å². The molecule has 5 rings (SSSR count). The van der Waals surface area contributed by atoms with Crippen molar-refractivity contribution in [3.63, 3.8) is 0 Å². The molecule has 166 valence electrons. The van der Waals surface area contributed by atoms with Crippen LogP contribution in [0.3, 0.4) is 0 Å². The van der Waals surface area contributed by atoms with Crippen molar-refractivity contribution in [1.29, 1.82) is 0 Å². The normalized spacial score (nSPS) is 26.0. The summed E-state index contributed by atoms with van der Waals surface area (Å²) in [6, 6.07) is 11.6. The number of rotatable bonds is 4. The first-order chi connectivity index (χ1) is 15.4. The number of fused-ring (bicyclic) bond motifs is 3. The average molecular weight is 454 g/mol. The Morgan fingerprint density at radius 3 is 2.56 bits per heavy atom. The molecule has 1 saturated carbocycles. The van der Waals surface area contributed by atoms with E-state index in [0.717, 1.165) is 5.56 Å². The van der Waals surface area contributed by atoms with Crippen LogP contribution in [0.2, 0.25) is 5.02 Å². The van der Waals surface area contributed by atoms with Crippen LogP contribution >= 0.6 is 11.6 Å². The van der Waals surface area contributed by atoms with Gasteiger partial charge >= 0.3 is 0 Å². The van der Waals surface area contributed by atoms with Crippen molar-refractivity contribution < 1.29 is 23.8 Å².